The number of nitrogens with zero attached hydrogens (tertiary/aromatic N) is 1. The Bertz CT molecular complexity index is 448. The van der Waals surface area contributed by atoms with Crippen LogP contribution in [0.5, 0.6) is 0 Å². The van der Waals surface area contributed by atoms with Gasteiger partial charge in [-0.2, -0.15) is 0 Å². The van der Waals surface area contributed by atoms with Crippen LogP contribution in [0, 0.1) is 0 Å². The summed E-state index contributed by atoms with van der Waals surface area (Å²) in [7, 11) is 0. The number of ether oxygens (including phenoxy) is 2. The Hall–Kier alpha value is -1.39. The fourth-order valence-corrected chi connectivity index (χ4v) is 3.01. The first-order valence-corrected chi connectivity index (χ1v) is 6.83. The van der Waals surface area contributed by atoms with Crippen molar-refractivity contribution >= 4 is 5.91 Å². The first kappa shape index (κ1) is 12.6. The highest BCUT2D eigenvalue weighted by molar-refractivity contribution is 5.79. The SMILES string of the molecule is C[C@@H](c1ccccc1)N1C(=O)CO[C@@H]2COCC[C@@H]21. The zero-order chi connectivity index (χ0) is 13.2. The van der Waals surface area contributed by atoms with Crippen molar-refractivity contribution in [1.82, 2.24) is 4.90 Å². The zero-order valence-electron chi connectivity index (χ0n) is 11.1. The highest BCUT2D eigenvalue weighted by Crippen LogP contribution is 2.30. The van der Waals surface area contributed by atoms with Gasteiger partial charge in [-0.3, -0.25) is 4.79 Å². The third-order valence-electron chi connectivity index (χ3n) is 4.03. The average molecular weight is 261 g/mol. The van der Waals surface area contributed by atoms with E-state index in [9.17, 15) is 4.79 Å². The standard InChI is InChI=1S/C15H19NO3/c1-11(12-5-3-2-4-6-12)16-13-7-8-18-9-14(13)19-10-15(16)17/h2-6,11,13-14H,7-10H2,1H3/t11-,13-,14+/m0/s1. The second-order valence-electron chi connectivity index (χ2n) is 5.17. The molecule has 4 heteroatoms. The number of carbonyl (C=O) groups excluding carboxylic acids is 1. The molecule has 2 aliphatic rings. The molecule has 0 aromatic heterocycles. The van der Waals surface area contributed by atoms with E-state index in [2.05, 4.69) is 19.1 Å². The number of amides is 1. The van der Waals surface area contributed by atoms with Gasteiger partial charge in [0.1, 0.15) is 12.7 Å². The highest BCUT2D eigenvalue weighted by atomic mass is 16.5. The van der Waals surface area contributed by atoms with Crippen molar-refractivity contribution in [1.29, 1.82) is 0 Å². The van der Waals surface area contributed by atoms with Gasteiger partial charge in [0.15, 0.2) is 0 Å². The summed E-state index contributed by atoms with van der Waals surface area (Å²) >= 11 is 0. The molecular weight excluding hydrogens is 242 g/mol. The van der Waals surface area contributed by atoms with Crippen molar-refractivity contribution < 1.29 is 14.3 Å². The normalized spacial score (nSPS) is 28.9. The Morgan fingerprint density at radius 3 is 2.89 bits per heavy atom. The fourth-order valence-electron chi connectivity index (χ4n) is 3.01. The summed E-state index contributed by atoms with van der Waals surface area (Å²) in [5.41, 5.74) is 1.17. The molecule has 1 amide bonds. The number of fused-ring (bicyclic) bond motifs is 1. The fraction of sp³-hybridized carbons (Fsp3) is 0.533. The second kappa shape index (κ2) is 5.31. The summed E-state index contributed by atoms with van der Waals surface area (Å²) in [5.74, 6) is 0.0829. The minimum absolute atomic E-state index is 0.0256. The topological polar surface area (TPSA) is 38.8 Å². The van der Waals surface area contributed by atoms with E-state index < -0.39 is 0 Å². The molecule has 0 unspecified atom stereocenters. The average Bonchev–Trinajstić information content (AvgIpc) is 2.47. The molecular formula is C15H19NO3. The lowest BCUT2D eigenvalue weighted by atomic mass is 9.97. The predicted molar refractivity (Wildman–Crippen MR) is 70.7 cm³/mol. The number of benzene rings is 1. The number of morpholine rings is 1. The molecule has 19 heavy (non-hydrogen) atoms. The Morgan fingerprint density at radius 2 is 2.11 bits per heavy atom. The monoisotopic (exact) mass is 261 g/mol. The van der Waals surface area contributed by atoms with Gasteiger partial charge in [0.05, 0.1) is 18.7 Å². The molecule has 0 bridgehead atoms. The minimum Gasteiger partial charge on any atom is -0.379 e. The lowest BCUT2D eigenvalue weighted by molar-refractivity contribution is -0.176. The van der Waals surface area contributed by atoms with Crippen molar-refractivity contribution in [3.63, 3.8) is 0 Å². The molecule has 102 valence electrons. The van der Waals surface area contributed by atoms with Crippen LogP contribution in [0.4, 0.5) is 0 Å². The summed E-state index contributed by atoms with van der Waals surface area (Å²) in [6.45, 7) is 3.55. The molecule has 1 aromatic carbocycles. The Balaban J connectivity index is 1.85. The van der Waals surface area contributed by atoms with E-state index in [0.717, 1.165) is 6.42 Å². The van der Waals surface area contributed by atoms with Crippen molar-refractivity contribution in [2.45, 2.75) is 31.5 Å². The van der Waals surface area contributed by atoms with Gasteiger partial charge < -0.3 is 14.4 Å². The first-order valence-electron chi connectivity index (χ1n) is 6.83. The molecule has 2 heterocycles. The van der Waals surface area contributed by atoms with E-state index in [4.69, 9.17) is 9.47 Å². The first-order chi connectivity index (χ1) is 9.27. The third-order valence-corrected chi connectivity index (χ3v) is 4.03. The van der Waals surface area contributed by atoms with Gasteiger partial charge in [0, 0.05) is 6.61 Å². The van der Waals surface area contributed by atoms with Crippen LogP contribution in [-0.2, 0) is 14.3 Å². The van der Waals surface area contributed by atoms with Gasteiger partial charge in [0.2, 0.25) is 5.91 Å². The summed E-state index contributed by atoms with van der Waals surface area (Å²) in [5, 5.41) is 0. The van der Waals surface area contributed by atoms with Gasteiger partial charge in [0.25, 0.3) is 0 Å². The van der Waals surface area contributed by atoms with Crippen LogP contribution >= 0.6 is 0 Å². The highest BCUT2D eigenvalue weighted by Gasteiger charge is 2.41. The molecule has 0 radical (unpaired) electrons. The van der Waals surface area contributed by atoms with Gasteiger partial charge >= 0.3 is 0 Å². The van der Waals surface area contributed by atoms with E-state index in [1.807, 2.05) is 23.1 Å². The smallest absolute Gasteiger partial charge is 0.249 e. The minimum atomic E-state index is 0.0256. The molecule has 2 aliphatic heterocycles. The largest absolute Gasteiger partial charge is 0.379 e. The lowest BCUT2D eigenvalue weighted by Gasteiger charge is -2.46. The van der Waals surface area contributed by atoms with Gasteiger partial charge in [-0.1, -0.05) is 30.3 Å². The lowest BCUT2D eigenvalue weighted by Crippen LogP contribution is -2.58. The maximum atomic E-state index is 12.2. The summed E-state index contributed by atoms with van der Waals surface area (Å²) in [6, 6.07) is 10.4. The van der Waals surface area contributed by atoms with Crippen LogP contribution < -0.4 is 0 Å². The van der Waals surface area contributed by atoms with E-state index in [1.165, 1.54) is 5.56 Å². The van der Waals surface area contributed by atoms with E-state index in [0.29, 0.717) is 13.2 Å². The molecule has 2 saturated heterocycles. The molecule has 3 atom stereocenters. The third kappa shape index (κ3) is 2.38. The predicted octanol–water partition coefficient (Wildman–Crippen LogP) is 1.76. The molecule has 2 fully saturated rings. The van der Waals surface area contributed by atoms with E-state index in [-0.39, 0.29) is 30.7 Å². The van der Waals surface area contributed by atoms with Gasteiger partial charge in [-0.25, -0.2) is 0 Å². The molecule has 0 spiro atoms. The summed E-state index contributed by atoms with van der Waals surface area (Å²) in [6.07, 6.45) is 0.880. The zero-order valence-corrected chi connectivity index (χ0v) is 11.1. The maximum absolute atomic E-state index is 12.2. The van der Waals surface area contributed by atoms with Crippen LogP contribution in [-0.4, -0.2) is 42.8 Å². The number of rotatable bonds is 2. The van der Waals surface area contributed by atoms with Crippen molar-refractivity contribution in [3.8, 4) is 0 Å². The Labute approximate surface area is 113 Å². The number of hydrogen-bond acceptors (Lipinski definition) is 3. The maximum Gasteiger partial charge on any atom is 0.249 e. The van der Waals surface area contributed by atoms with Crippen molar-refractivity contribution in [2.24, 2.45) is 0 Å². The van der Waals surface area contributed by atoms with E-state index in [1.54, 1.807) is 0 Å². The van der Waals surface area contributed by atoms with Crippen molar-refractivity contribution in [2.75, 3.05) is 19.8 Å². The van der Waals surface area contributed by atoms with Crippen LogP contribution in [0.3, 0.4) is 0 Å². The molecule has 0 saturated carbocycles. The number of carbonyl (C=O) groups is 1. The summed E-state index contributed by atoms with van der Waals surface area (Å²) < 4.78 is 11.0. The Kier molecular flexibility index (Phi) is 3.53. The Morgan fingerprint density at radius 1 is 1.32 bits per heavy atom. The molecule has 3 rings (SSSR count). The van der Waals surface area contributed by atoms with E-state index >= 15 is 0 Å². The van der Waals surface area contributed by atoms with Gasteiger partial charge in [-0.05, 0) is 18.9 Å². The van der Waals surface area contributed by atoms with Crippen LogP contribution in [0.1, 0.15) is 24.9 Å². The number of hydrogen-bond donors (Lipinski definition) is 0. The van der Waals surface area contributed by atoms with Crippen LogP contribution in [0.25, 0.3) is 0 Å². The van der Waals surface area contributed by atoms with Crippen LogP contribution in [0.15, 0.2) is 30.3 Å². The summed E-state index contributed by atoms with van der Waals surface area (Å²) in [4.78, 5) is 14.2. The quantitative estimate of drug-likeness (QED) is 0.814. The molecule has 0 aliphatic carbocycles. The van der Waals surface area contributed by atoms with Crippen LogP contribution in [0.2, 0.25) is 0 Å². The molecule has 4 nitrogen and oxygen atoms in total. The van der Waals surface area contributed by atoms with Gasteiger partial charge in [-0.15, -0.1) is 0 Å². The molecule has 1 aromatic rings. The van der Waals surface area contributed by atoms with Crippen molar-refractivity contribution in [3.05, 3.63) is 35.9 Å². The second-order valence-corrected chi connectivity index (χ2v) is 5.17. The molecule has 0 N–H and O–H groups in total.